The van der Waals surface area contributed by atoms with E-state index in [1.54, 1.807) is 7.11 Å². The van der Waals surface area contributed by atoms with E-state index in [0.717, 1.165) is 41.4 Å². The number of benzene rings is 1. The second kappa shape index (κ2) is 6.33. The molecule has 0 bridgehead atoms. The third-order valence-corrected chi connectivity index (χ3v) is 4.66. The van der Waals surface area contributed by atoms with Crippen LogP contribution in [-0.2, 0) is 6.42 Å². The summed E-state index contributed by atoms with van der Waals surface area (Å²) in [7, 11) is 1.74. The predicted octanol–water partition coefficient (Wildman–Crippen LogP) is 2.97. The van der Waals surface area contributed by atoms with Gasteiger partial charge in [0.05, 0.1) is 7.11 Å². The Morgan fingerprint density at radius 2 is 2.10 bits per heavy atom. The molecule has 1 aromatic rings. The van der Waals surface area contributed by atoms with Gasteiger partial charge in [-0.25, -0.2) is 0 Å². The maximum atomic E-state index is 6.40. The smallest absolute Gasteiger partial charge is 0.126 e. The summed E-state index contributed by atoms with van der Waals surface area (Å²) in [6.45, 7) is 9.33. The normalized spacial score (nSPS) is 16.6. The zero-order valence-corrected chi connectivity index (χ0v) is 13.6. The van der Waals surface area contributed by atoms with Crippen molar-refractivity contribution in [3.63, 3.8) is 0 Å². The SMILES string of the molecule is COc1c(CCN)cc(Cl)c(C)c1C1CN(C(C)C)C1. The molecule has 0 aromatic heterocycles. The molecule has 1 aliphatic rings. The molecule has 20 heavy (non-hydrogen) atoms. The van der Waals surface area contributed by atoms with Gasteiger partial charge in [0.2, 0.25) is 0 Å². The van der Waals surface area contributed by atoms with Gasteiger partial charge in [-0.2, -0.15) is 0 Å². The Morgan fingerprint density at radius 1 is 1.45 bits per heavy atom. The molecule has 1 aliphatic heterocycles. The second-order valence-electron chi connectivity index (χ2n) is 5.87. The minimum Gasteiger partial charge on any atom is -0.496 e. The van der Waals surface area contributed by atoms with E-state index >= 15 is 0 Å². The fourth-order valence-corrected chi connectivity index (χ4v) is 3.22. The summed E-state index contributed by atoms with van der Waals surface area (Å²) in [6.07, 6.45) is 0.802. The van der Waals surface area contributed by atoms with Gasteiger partial charge in [-0.15, -0.1) is 0 Å². The number of rotatable bonds is 5. The first-order valence-corrected chi connectivity index (χ1v) is 7.67. The summed E-state index contributed by atoms with van der Waals surface area (Å²) in [4.78, 5) is 2.47. The molecule has 1 aromatic carbocycles. The maximum absolute atomic E-state index is 6.40. The minimum atomic E-state index is 0.516. The van der Waals surface area contributed by atoms with Crippen molar-refractivity contribution in [1.29, 1.82) is 0 Å². The molecule has 112 valence electrons. The first-order valence-electron chi connectivity index (χ1n) is 7.29. The number of nitrogens with two attached hydrogens (primary N) is 1. The summed E-state index contributed by atoms with van der Waals surface area (Å²) >= 11 is 6.40. The monoisotopic (exact) mass is 296 g/mol. The average Bonchev–Trinajstić information content (AvgIpc) is 2.33. The van der Waals surface area contributed by atoms with Crippen molar-refractivity contribution in [1.82, 2.24) is 4.90 Å². The first-order chi connectivity index (χ1) is 9.49. The van der Waals surface area contributed by atoms with Gasteiger partial charge in [-0.1, -0.05) is 11.6 Å². The Balaban J connectivity index is 2.36. The molecular formula is C16H25ClN2O. The fourth-order valence-electron chi connectivity index (χ4n) is 2.99. The Hall–Kier alpha value is -0.770. The predicted molar refractivity (Wildman–Crippen MR) is 84.9 cm³/mol. The molecule has 1 saturated heterocycles. The van der Waals surface area contributed by atoms with Gasteiger partial charge >= 0.3 is 0 Å². The lowest BCUT2D eigenvalue weighted by atomic mass is 9.85. The summed E-state index contributed by atoms with van der Waals surface area (Å²) in [6, 6.07) is 2.60. The molecule has 2 N–H and O–H groups in total. The lowest BCUT2D eigenvalue weighted by molar-refractivity contribution is 0.108. The van der Waals surface area contributed by atoms with Gasteiger partial charge in [0, 0.05) is 35.6 Å². The van der Waals surface area contributed by atoms with Crippen LogP contribution in [-0.4, -0.2) is 37.7 Å². The van der Waals surface area contributed by atoms with E-state index in [1.165, 1.54) is 5.56 Å². The maximum Gasteiger partial charge on any atom is 0.126 e. The van der Waals surface area contributed by atoms with Gasteiger partial charge in [-0.05, 0) is 50.9 Å². The molecule has 1 heterocycles. The lowest BCUT2D eigenvalue weighted by Gasteiger charge is -2.43. The van der Waals surface area contributed by atoms with Crippen molar-refractivity contribution in [2.24, 2.45) is 5.73 Å². The quantitative estimate of drug-likeness (QED) is 0.908. The number of nitrogens with zero attached hydrogens (tertiary/aromatic N) is 1. The molecule has 0 amide bonds. The third-order valence-electron chi connectivity index (χ3n) is 4.27. The van der Waals surface area contributed by atoms with E-state index in [4.69, 9.17) is 22.1 Å². The number of likely N-dealkylation sites (tertiary alicyclic amines) is 1. The van der Waals surface area contributed by atoms with Crippen LogP contribution in [0.2, 0.25) is 5.02 Å². The van der Waals surface area contributed by atoms with Gasteiger partial charge < -0.3 is 10.5 Å². The number of hydrogen-bond acceptors (Lipinski definition) is 3. The number of methoxy groups -OCH3 is 1. The van der Waals surface area contributed by atoms with E-state index in [-0.39, 0.29) is 0 Å². The Kier molecular flexibility index (Phi) is 4.95. The van der Waals surface area contributed by atoms with Gasteiger partial charge in [-0.3, -0.25) is 4.90 Å². The Bertz CT molecular complexity index is 482. The standard InChI is InChI=1S/C16H25ClN2O/c1-10(2)19-8-13(9-19)15-11(3)14(17)7-12(5-6-18)16(15)20-4/h7,10,13H,5-6,8-9,18H2,1-4H3. The van der Waals surface area contributed by atoms with E-state index in [1.807, 2.05) is 6.07 Å². The van der Waals surface area contributed by atoms with Crippen LogP contribution >= 0.6 is 11.6 Å². The van der Waals surface area contributed by atoms with Crippen molar-refractivity contribution in [3.05, 3.63) is 27.8 Å². The van der Waals surface area contributed by atoms with Crippen LogP contribution in [0.1, 0.15) is 36.5 Å². The molecule has 1 fully saturated rings. The highest BCUT2D eigenvalue weighted by molar-refractivity contribution is 6.31. The van der Waals surface area contributed by atoms with Crippen LogP contribution in [0.3, 0.4) is 0 Å². The molecule has 0 atom stereocenters. The highest BCUT2D eigenvalue weighted by Gasteiger charge is 2.33. The molecule has 4 heteroatoms. The summed E-state index contributed by atoms with van der Waals surface area (Å²) in [5.41, 5.74) is 9.26. The van der Waals surface area contributed by atoms with Crippen molar-refractivity contribution in [3.8, 4) is 5.75 Å². The molecular weight excluding hydrogens is 272 g/mol. The Morgan fingerprint density at radius 3 is 2.60 bits per heavy atom. The van der Waals surface area contributed by atoms with E-state index < -0.39 is 0 Å². The Labute approximate surface area is 127 Å². The molecule has 0 saturated carbocycles. The molecule has 0 spiro atoms. The number of ether oxygens (including phenoxy) is 1. The lowest BCUT2D eigenvalue weighted by Crippen LogP contribution is -2.48. The van der Waals surface area contributed by atoms with Crippen LogP contribution in [0.4, 0.5) is 0 Å². The van der Waals surface area contributed by atoms with Gasteiger partial charge in [0.25, 0.3) is 0 Å². The second-order valence-corrected chi connectivity index (χ2v) is 6.28. The summed E-state index contributed by atoms with van der Waals surface area (Å²) < 4.78 is 5.68. The zero-order chi connectivity index (χ0) is 14.9. The van der Waals surface area contributed by atoms with Gasteiger partial charge in [0.15, 0.2) is 0 Å². The fraction of sp³-hybridized carbons (Fsp3) is 0.625. The van der Waals surface area contributed by atoms with Crippen molar-refractivity contribution in [2.45, 2.75) is 39.2 Å². The van der Waals surface area contributed by atoms with Crippen LogP contribution in [0.25, 0.3) is 0 Å². The molecule has 2 rings (SSSR count). The minimum absolute atomic E-state index is 0.516. The molecule has 0 radical (unpaired) electrons. The third kappa shape index (κ3) is 2.80. The molecule has 0 aliphatic carbocycles. The van der Waals surface area contributed by atoms with Crippen molar-refractivity contribution in [2.75, 3.05) is 26.7 Å². The van der Waals surface area contributed by atoms with Crippen molar-refractivity contribution < 1.29 is 4.74 Å². The number of halogens is 1. The zero-order valence-electron chi connectivity index (χ0n) is 12.9. The van der Waals surface area contributed by atoms with Gasteiger partial charge in [0.1, 0.15) is 5.75 Å². The highest BCUT2D eigenvalue weighted by Crippen LogP contribution is 2.41. The largest absolute Gasteiger partial charge is 0.496 e. The first kappa shape index (κ1) is 15.6. The molecule has 0 unspecified atom stereocenters. The summed E-state index contributed by atoms with van der Waals surface area (Å²) in [5, 5.41) is 0.826. The van der Waals surface area contributed by atoms with Crippen LogP contribution in [0.5, 0.6) is 5.75 Å². The topological polar surface area (TPSA) is 38.5 Å². The average molecular weight is 297 g/mol. The summed E-state index contributed by atoms with van der Waals surface area (Å²) in [5.74, 6) is 1.51. The van der Waals surface area contributed by atoms with Crippen LogP contribution < -0.4 is 10.5 Å². The van der Waals surface area contributed by atoms with E-state index in [2.05, 4.69) is 25.7 Å². The van der Waals surface area contributed by atoms with Crippen LogP contribution in [0, 0.1) is 6.92 Å². The van der Waals surface area contributed by atoms with Crippen molar-refractivity contribution >= 4 is 11.6 Å². The van der Waals surface area contributed by atoms with E-state index in [9.17, 15) is 0 Å². The highest BCUT2D eigenvalue weighted by atomic mass is 35.5. The van der Waals surface area contributed by atoms with Crippen LogP contribution in [0.15, 0.2) is 6.07 Å². The van der Waals surface area contributed by atoms with E-state index in [0.29, 0.717) is 18.5 Å². The molecule has 3 nitrogen and oxygen atoms in total. The number of hydrogen-bond donors (Lipinski definition) is 1.